The van der Waals surface area contributed by atoms with Crippen molar-refractivity contribution in [1.29, 1.82) is 0 Å². The molecule has 0 aromatic heterocycles. The molecule has 0 aliphatic rings. The number of hydrogen-bond acceptors (Lipinski definition) is 6. The fourth-order valence-corrected chi connectivity index (χ4v) is 1.91. The number of carbonyl (C=O) groups is 2. The van der Waals surface area contributed by atoms with Gasteiger partial charge in [-0.05, 0) is 12.1 Å². The number of nitrogen functional groups attached to an aromatic ring is 1. The molecule has 0 aliphatic carbocycles. The van der Waals surface area contributed by atoms with Crippen LogP contribution in [-0.4, -0.2) is 40.0 Å². The number of carboxylic acids is 1. The Hall–Kier alpha value is -2.29. The first-order valence-corrected chi connectivity index (χ1v) is 6.69. The van der Waals surface area contributed by atoms with Gasteiger partial charge in [-0.1, -0.05) is 0 Å². The Morgan fingerprint density at radius 1 is 1.45 bits per heavy atom. The normalized spacial score (nSPS) is 10.0. The van der Waals surface area contributed by atoms with Crippen LogP contribution in [0.15, 0.2) is 18.2 Å². The first-order chi connectivity index (χ1) is 9.41. The van der Waals surface area contributed by atoms with E-state index in [9.17, 15) is 19.7 Å². The second-order valence-electron chi connectivity index (χ2n) is 3.73. The number of anilines is 1. The van der Waals surface area contributed by atoms with Crippen LogP contribution in [0.5, 0.6) is 0 Å². The van der Waals surface area contributed by atoms with Gasteiger partial charge in [0.1, 0.15) is 5.69 Å². The molecule has 0 radical (unpaired) electrons. The van der Waals surface area contributed by atoms with Gasteiger partial charge in [0, 0.05) is 23.9 Å². The topological polar surface area (TPSA) is 136 Å². The van der Waals surface area contributed by atoms with Crippen molar-refractivity contribution < 1.29 is 19.6 Å². The number of nitrogens with two attached hydrogens (primary N) is 1. The third-order valence-electron chi connectivity index (χ3n) is 2.25. The minimum atomic E-state index is -0.921. The summed E-state index contributed by atoms with van der Waals surface area (Å²) in [5.74, 6) is -0.988. The minimum Gasteiger partial charge on any atom is -0.481 e. The number of nitrogens with one attached hydrogen (secondary N) is 1. The van der Waals surface area contributed by atoms with Crippen LogP contribution >= 0.6 is 11.8 Å². The quantitative estimate of drug-likeness (QED) is 0.292. The van der Waals surface area contributed by atoms with Gasteiger partial charge in [0.2, 0.25) is 0 Å². The molecule has 0 bridgehead atoms. The monoisotopic (exact) mass is 299 g/mol. The Balaban J connectivity index is 2.53. The van der Waals surface area contributed by atoms with E-state index in [0.29, 0.717) is 5.75 Å². The lowest BCUT2D eigenvalue weighted by Crippen LogP contribution is -2.26. The summed E-state index contributed by atoms with van der Waals surface area (Å²) >= 11 is 1.17. The molecule has 1 rings (SSSR count). The molecule has 1 aromatic rings. The third kappa shape index (κ3) is 4.76. The van der Waals surface area contributed by atoms with Gasteiger partial charge in [0.05, 0.1) is 10.7 Å². The maximum absolute atomic E-state index is 11.7. The minimum absolute atomic E-state index is 0.0106. The Kier molecular flexibility index (Phi) is 5.78. The summed E-state index contributed by atoms with van der Waals surface area (Å²) in [7, 11) is 0. The van der Waals surface area contributed by atoms with Gasteiger partial charge in [-0.25, -0.2) is 0 Å². The fraction of sp³-hybridized carbons (Fsp3) is 0.273. The first kappa shape index (κ1) is 15.8. The predicted octanol–water partition coefficient (Wildman–Crippen LogP) is 0.725. The van der Waals surface area contributed by atoms with Crippen molar-refractivity contribution in [2.24, 2.45) is 0 Å². The second-order valence-corrected chi connectivity index (χ2v) is 4.84. The van der Waals surface area contributed by atoms with E-state index in [2.05, 4.69) is 5.32 Å². The molecule has 0 unspecified atom stereocenters. The number of amides is 1. The largest absolute Gasteiger partial charge is 0.481 e. The lowest BCUT2D eigenvalue weighted by Gasteiger charge is -2.05. The molecule has 9 heteroatoms. The molecule has 0 atom stereocenters. The number of carbonyl (C=O) groups excluding carboxylic acids is 1. The van der Waals surface area contributed by atoms with Crippen LogP contribution in [0.4, 0.5) is 11.4 Å². The van der Waals surface area contributed by atoms with E-state index in [0.717, 1.165) is 6.07 Å². The number of rotatable bonds is 7. The van der Waals surface area contributed by atoms with Gasteiger partial charge in [0.25, 0.3) is 11.6 Å². The number of nitrogens with zero attached hydrogens (tertiary/aromatic N) is 1. The highest BCUT2D eigenvalue weighted by molar-refractivity contribution is 7.99. The molecular formula is C11H13N3O5S. The first-order valence-electron chi connectivity index (χ1n) is 5.53. The Labute approximate surface area is 118 Å². The number of hydrogen-bond donors (Lipinski definition) is 3. The summed E-state index contributed by atoms with van der Waals surface area (Å²) < 4.78 is 0. The van der Waals surface area contributed by atoms with Crippen molar-refractivity contribution in [2.75, 3.05) is 23.8 Å². The Bertz CT molecular complexity index is 535. The summed E-state index contributed by atoms with van der Waals surface area (Å²) in [6.07, 6.45) is 0. The zero-order valence-corrected chi connectivity index (χ0v) is 11.2. The van der Waals surface area contributed by atoms with Gasteiger partial charge in [-0.2, -0.15) is 0 Å². The van der Waals surface area contributed by atoms with Crippen LogP contribution in [0.1, 0.15) is 10.4 Å². The lowest BCUT2D eigenvalue weighted by molar-refractivity contribution is -0.383. The highest BCUT2D eigenvalue weighted by Crippen LogP contribution is 2.22. The van der Waals surface area contributed by atoms with Crippen molar-refractivity contribution in [3.8, 4) is 0 Å². The van der Waals surface area contributed by atoms with Crippen LogP contribution < -0.4 is 11.1 Å². The number of aliphatic carboxylic acids is 1. The Morgan fingerprint density at radius 3 is 2.75 bits per heavy atom. The molecule has 4 N–H and O–H groups in total. The molecule has 0 fully saturated rings. The zero-order valence-electron chi connectivity index (χ0n) is 10.4. The van der Waals surface area contributed by atoms with Crippen molar-refractivity contribution >= 4 is 35.0 Å². The standard InChI is InChI=1S/C11H13N3O5S/c12-8-2-1-7(5-9(8)14(18)19)11(17)13-3-4-20-6-10(15)16/h1-2,5H,3-4,6,12H2,(H,13,17)(H,15,16). The molecule has 8 nitrogen and oxygen atoms in total. The molecule has 0 aliphatic heterocycles. The van der Waals surface area contributed by atoms with E-state index >= 15 is 0 Å². The number of carboxylic acid groups (broad SMARTS) is 1. The second kappa shape index (κ2) is 7.34. The van der Waals surface area contributed by atoms with Crippen LogP contribution in [0.2, 0.25) is 0 Å². The number of thioether (sulfide) groups is 1. The van der Waals surface area contributed by atoms with Gasteiger partial charge < -0.3 is 16.2 Å². The van der Waals surface area contributed by atoms with E-state index in [1.165, 1.54) is 23.9 Å². The van der Waals surface area contributed by atoms with Crippen LogP contribution in [0.25, 0.3) is 0 Å². The molecule has 0 spiro atoms. The molecule has 1 amide bonds. The zero-order chi connectivity index (χ0) is 15.1. The molecule has 0 heterocycles. The molecule has 20 heavy (non-hydrogen) atoms. The Morgan fingerprint density at radius 2 is 2.15 bits per heavy atom. The van der Waals surface area contributed by atoms with Crippen LogP contribution in [0, 0.1) is 10.1 Å². The van der Waals surface area contributed by atoms with E-state index in [-0.39, 0.29) is 29.2 Å². The van der Waals surface area contributed by atoms with Gasteiger partial charge >= 0.3 is 5.97 Å². The van der Waals surface area contributed by atoms with E-state index in [1.807, 2.05) is 0 Å². The van der Waals surface area contributed by atoms with Gasteiger partial charge in [0.15, 0.2) is 0 Å². The fourth-order valence-electron chi connectivity index (χ4n) is 1.34. The van der Waals surface area contributed by atoms with Gasteiger partial charge in [-0.3, -0.25) is 19.7 Å². The van der Waals surface area contributed by atoms with Gasteiger partial charge in [-0.15, -0.1) is 11.8 Å². The maximum atomic E-state index is 11.7. The lowest BCUT2D eigenvalue weighted by atomic mass is 10.1. The summed E-state index contributed by atoms with van der Waals surface area (Å²) in [5.41, 5.74) is 5.23. The van der Waals surface area contributed by atoms with Crippen LogP contribution in [-0.2, 0) is 4.79 Å². The number of nitro groups is 1. The predicted molar refractivity (Wildman–Crippen MR) is 74.8 cm³/mol. The highest BCUT2D eigenvalue weighted by atomic mass is 32.2. The SMILES string of the molecule is Nc1ccc(C(=O)NCCSCC(=O)O)cc1[N+](=O)[O-]. The summed E-state index contributed by atoms with van der Waals surface area (Å²) in [5, 5.41) is 21.7. The van der Waals surface area contributed by atoms with E-state index < -0.39 is 16.8 Å². The van der Waals surface area contributed by atoms with Crippen molar-refractivity contribution in [3.05, 3.63) is 33.9 Å². The van der Waals surface area contributed by atoms with E-state index in [1.54, 1.807) is 0 Å². The summed E-state index contributed by atoms with van der Waals surface area (Å²) in [6, 6.07) is 3.79. The molecule has 108 valence electrons. The maximum Gasteiger partial charge on any atom is 0.313 e. The smallest absolute Gasteiger partial charge is 0.313 e. The van der Waals surface area contributed by atoms with Crippen molar-refractivity contribution in [2.45, 2.75) is 0 Å². The van der Waals surface area contributed by atoms with Crippen LogP contribution in [0.3, 0.4) is 0 Å². The molecule has 0 saturated heterocycles. The number of benzene rings is 1. The molecule has 0 saturated carbocycles. The average Bonchev–Trinajstić information content (AvgIpc) is 2.37. The third-order valence-corrected chi connectivity index (χ3v) is 3.19. The molecule has 1 aromatic carbocycles. The summed E-state index contributed by atoms with van der Waals surface area (Å²) in [6.45, 7) is 0.273. The van der Waals surface area contributed by atoms with Crippen molar-refractivity contribution in [3.63, 3.8) is 0 Å². The average molecular weight is 299 g/mol. The molecular weight excluding hydrogens is 286 g/mol. The highest BCUT2D eigenvalue weighted by Gasteiger charge is 2.15. The summed E-state index contributed by atoms with van der Waals surface area (Å²) in [4.78, 5) is 32.0. The number of nitro benzene ring substituents is 1. The van der Waals surface area contributed by atoms with E-state index in [4.69, 9.17) is 10.8 Å². The van der Waals surface area contributed by atoms with Crippen molar-refractivity contribution in [1.82, 2.24) is 5.32 Å².